The molecule has 0 saturated heterocycles. The monoisotopic (exact) mass is 423 g/mol. The average Bonchev–Trinajstić information content (AvgIpc) is 3.01. The van der Waals surface area contributed by atoms with E-state index in [1.165, 1.54) is 30.6 Å². The van der Waals surface area contributed by atoms with Crippen molar-refractivity contribution >= 4 is 32.4 Å². The molecule has 0 spiro atoms. The van der Waals surface area contributed by atoms with E-state index in [1.807, 2.05) is 0 Å². The Bertz CT molecular complexity index is 871. The third-order valence-electron chi connectivity index (χ3n) is 7.39. The van der Waals surface area contributed by atoms with E-state index in [-0.39, 0.29) is 11.3 Å². The van der Waals surface area contributed by atoms with Crippen molar-refractivity contribution in [1.29, 1.82) is 0 Å². The summed E-state index contributed by atoms with van der Waals surface area (Å²) in [5, 5.41) is 3.36. The van der Waals surface area contributed by atoms with Crippen molar-refractivity contribution in [2.45, 2.75) is 70.6 Å². The summed E-state index contributed by atoms with van der Waals surface area (Å²) in [7, 11) is -3.26. The molecular weight excluding hydrogens is 394 g/mol. The minimum atomic E-state index is -3.26. The summed E-state index contributed by atoms with van der Waals surface area (Å²) < 4.78 is 26.5. The van der Waals surface area contributed by atoms with Gasteiger partial charge in [0.05, 0.1) is 16.4 Å². The highest BCUT2D eigenvalue weighted by molar-refractivity contribution is 7.89. The number of nitrogens with zero attached hydrogens (tertiary/aromatic N) is 2. The lowest BCUT2D eigenvalue weighted by Gasteiger charge is -2.55. The van der Waals surface area contributed by atoms with Crippen LogP contribution in [0.25, 0.3) is 0 Å². The topological polar surface area (TPSA) is 79.4 Å². The first kappa shape index (κ1) is 19.0. The number of amides is 1. The minimum absolute atomic E-state index is 0.157. The maximum absolute atomic E-state index is 13.2. The summed E-state index contributed by atoms with van der Waals surface area (Å²) in [4.78, 5) is 18.9. The fraction of sp³-hybridized carbons (Fsp3) is 0.800. The fourth-order valence-electron chi connectivity index (χ4n) is 6.36. The van der Waals surface area contributed by atoms with E-state index in [1.54, 1.807) is 18.2 Å². The maximum Gasteiger partial charge on any atom is 0.232 e. The summed E-state index contributed by atoms with van der Waals surface area (Å²) >= 11 is 1.45. The van der Waals surface area contributed by atoms with E-state index in [0.717, 1.165) is 47.6 Å². The molecule has 0 radical (unpaired) electrons. The van der Waals surface area contributed by atoms with Crippen LogP contribution < -0.4 is 5.32 Å². The molecule has 0 aromatic carbocycles. The number of nitrogens with one attached hydrogen (secondary N) is 1. The van der Waals surface area contributed by atoms with Crippen molar-refractivity contribution in [2.75, 3.05) is 11.9 Å². The third-order valence-corrected chi connectivity index (χ3v) is 10.6. The Morgan fingerprint density at radius 3 is 2.36 bits per heavy atom. The number of aromatic nitrogens is 1. The smallest absolute Gasteiger partial charge is 0.232 e. The Labute approximate surface area is 171 Å². The molecule has 4 saturated carbocycles. The molecule has 5 aliphatic rings. The lowest BCUT2D eigenvalue weighted by Crippen LogP contribution is -2.51. The van der Waals surface area contributed by atoms with Gasteiger partial charge in [-0.3, -0.25) is 4.79 Å². The van der Waals surface area contributed by atoms with Crippen LogP contribution in [0.1, 0.15) is 62.9 Å². The summed E-state index contributed by atoms with van der Waals surface area (Å²) in [6.07, 6.45) is 7.68. The molecule has 6 nitrogen and oxygen atoms in total. The molecular formula is C20H29N3O3S2. The molecule has 0 unspecified atom stereocenters. The number of sulfonamides is 1. The molecule has 4 bridgehead atoms. The Morgan fingerprint density at radius 1 is 1.18 bits per heavy atom. The zero-order valence-electron chi connectivity index (χ0n) is 16.6. The molecule has 1 N–H and O–H groups in total. The number of hydrogen-bond acceptors (Lipinski definition) is 5. The predicted molar refractivity (Wildman–Crippen MR) is 110 cm³/mol. The van der Waals surface area contributed by atoms with Gasteiger partial charge >= 0.3 is 0 Å². The SMILES string of the molecule is CC(C)S(=O)(=O)N1CCc2nc(NC(=O)C34CC5CC(CC(C5)C3)C4)sc2C1. The van der Waals surface area contributed by atoms with Crippen LogP contribution in [0.3, 0.4) is 0 Å². The van der Waals surface area contributed by atoms with Gasteiger partial charge in [-0.25, -0.2) is 13.4 Å². The molecule has 6 rings (SSSR count). The van der Waals surface area contributed by atoms with Crippen molar-refractivity contribution in [3.8, 4) is 0 Å². The van der Waals surface area contributed by atoms with Crippen LogP contribution in [0.5, 0.6) is 0 Å². The van der Waals surface area contributed by atoms with Crippen molar-refractivity contribution in [3.63, 3.8) is 0 Å². The van der Waals surface area contributed by atoms with Gasteiger partial charge < -0.3 is 5.32 Å². The molecule has 4 fully saturated rings. The predicted octanol–water partition coefficient (Wildman–Crippen LogP) is 3.39. The van der Waals surface area contributed by atoms with Crippen molar-refractivity contribution in [2.24, 2.45) is 23.2 Å². The van der Waals surface area contributed by atoms with E-state index >= 15 is 0 Å². The third kappa shape index (κ3) is 3.03. The fourth-order valence-corrected chi connectivity index (χ4v) is 8.71. The Morgan fingerprint density at radius 2 is 1.79 bits per heavy atom. The van der Waals surface area contributed by atoms with Crippen LogP contribution in [-0.2, 0) is 27.8 Å². The van der Waals surface area contributed by atoms with E-state index in [9.17, 15) is 13.2 Å². The molecule has 2 heterocycles. The van der Waals surface area contributed by atoms with Gasteiger partial charge in [0.15, 0.2) is 5.13 Å². The number of thiazole rings is 1. The van der Waals surface area contributed by atoms with Gasteiger partial charge in [0.1, 0.15) is 0 Å². The number of rotatable bonds is 4. The summed E-state index contributed by atoms with van der Waals surface area (Å²) in [6, 6.07) is 0. The quantitative estimate of drug-likeness (QED) is 0.805. The van der Waals surface area contributed by atoms with Crippen molar-refractivity contribution in [3.05, 3.63) is 10.6 Å². The van der Waals surface area contributed by atoms with Crippen molar-refractivity contribution in [1.82, 2.24) is 9.29 Å². The number of carbonyl (C=O) groups excluding carboxylic acids is 1. The number of carbonyl (C=O) groups is 1. The second-order valence-electron chi connectivity index (χ2n) is 9.72. The lowest BCUT2D eigenvalue weighted by atomic mass is 9.49. The van der Waals surface area contributed by atoms with Gasteiger partial charge in [-0.2, -0.15) is 4.31 Å². The van der Waals surface area contributed by atoms with E-state index in [4.69, 9.17) is 0 Å². The van der Waals surface area contributed by atoms with Gasteiger partial charge in [-0.05, 0) is 70.1 Å². The van der Waals surface area contributed by atoms with Gasteiger partial charge in [0, 0.05) is 24.4 Å². The maximum atomic E-state index is 13.2. The van der Waals surface area contributed by atoms with Gasteiger partial charge in [-0.1, -0.05) is 0 Å². The first-order valence-electron chi connectivity index (χ1n) is 10.5. The van der Waals surface area contributed by atoms with Crippen LogP contribution in [0.2, 0.25) is 0 Å². The first-order chi connectivity index (χ1) is 13.2. The molecule has 28 heavy (non-hydrogen) atoms. The molecule has 1 amide bonds. The average molecular weight is 424 g/mol. The van der Waals surface area contributed by atoms with Crippen LogP contribution in [0, 0.1) is 23.2 Å². The largest absolute Gasteiger partial charge is 0.301 e. The Balaban J connectivity index is 1.32. The minimum Gasteiger partial charge on any atom is -0.301 e. The normalized spacial score (nSPS) is 34.6. The summed E-state index contributed by atoms with van der Waals surface area (Å²) in [5.41, 5.74) is 0.759. The lowest BCUT2D eigenvalue weighted by molar-refractivity contribution is -0.140. The Kier molecular flexibility index (Phi) is 4.41. The zero-order valence-corrected chi connectivity index (χ0v) is 18.2. The van der Waals surface area contributed by atoms with Crippen LogP contribution in [0.4, 0.5) is 5.13 Å². The molecule has 1 aliphatic heterocycles. The van der Waals surface area contributed by atoms with Gasteiger partial charge in [0.2, 0.25) is 15.9 Å². The number of fused-ring (bicyclic) bond motifs is 1. The number of hydrogen-bond donors (Lipinski definition) is 1. The molecule has 4 aliphatic carbocycles. The highest BCUT2D eigenvalue weighted by Gasteiger charge is 2.54. The number of anilines is 1. The zero-order chi connectivity index (χ0) is 19.7. The van der Waals surface area contributed by atoms with Crippen molar-refractivity contribution < 1.29 is 13.2 Å². The Hall–Kier alpha value is -0.990. The molecule has 154 valence electrons. The van der Waals surface area contributed by atoms with E-state index in [0.29, 0.717) is 24.6 Å². The van der Waals surface area contributed by atoms with E-state index in [2.05, 4.69) is 10.3 Å². The highest BCUT2D eigenvalue weighted by Crippen LogP contribution is 2.60. The molecule has 1 aromatic heterocycles. The van der Waals surface area contributed by atoms with Crippen LogP contribution in [0.15, 0.2) is 0 Å². The van der Waals surface area contributed by atoms with Crippen LogP contribution in [-0.4, -0.2) is 35.4 Å². The van der Waals surface area contributed by atoms with E-state index < -0.39 is 15.3 Å². The molecule has 1 aromatic rings. The molecule has 0 atom stereocenters. The second-order valence-corrected chi connectivity index (χ2v) is 13.3. The van der Waals surface area contributed by atoms with Gasteiger partial charge in [0.25, 0.3) is 0 Å². The highest BCUT2D eigenvalue weighted by atomic mass is 32.2. The summed E-state index contributed by atoms with van der Waals surface area (Å²) in [5.74, 6) is 2.35. The van der Waals surface area contributed by atoms with Gasteiger partial charge in [-0.15, -0.1) is 11.3 Å². The first-order valence-corrected chi connectivity index (χ1v) is 12.9. The second kappa shape index (κ2) is 6.51. The standard InChI is InChI=1S/C20H29N3O3S2/c1-12(2)28(25,26)23-4-3-16-17(11-23)27-19(21-16)22-18(24)20-8-13-5-14(9-20)7-15(6-13)10-20/h12-15H,3-11H2,1-2H3,(H,21,22,24). The van der Waals surface area contributed by atoms with Crippen LogP contribution >= 0.6 is 11.3 Å². The summed E-state index contributed by atoms with van der Waals surface area (Å²) in [6.45, 7) is 4.28. The molecule has 8 heteroatoms.